The van der Waals surface area contributed by atoms with Crippen LogP contribution in [0.1, 0.15) is 40.0 Å². The standard InChI is InChI=1S/C13H25N3O/c1-13(2,3)15-9-12(17)10-16(8-4-7-14)11-5-6-11/h11-12,15,17H,4-6,8-10H2,1-3H3. The molecular formula is C13H25N3O. The third kappa shape index (κ3) is 6.62. The summed E-state index contributed by atoms with van der Waals surface area (Å²) in [6.07, 6.45) is 2.62. The Bertz CT molecular complexity index is 263. The van der Waals surface area contributed by atoms with E-state index in [9.17, 15) is 5.11 Å². The summed E-state index contributed by atoms with van der Waals surface area (Å²) in [5, 5.41) is 21.9. The zero-order valence-electron chi connectivity index (χ0n) is 11.2. The molecule has 1 aliphatic rings. The summed E-state index contributed by atoms with van der Waals surface area (Å²) >= 11 is 0. The van der Waals surface area contributed by atoms with Crippen molar-refractivity contribution in [2.24, 2.45) is 0 Å². The van der Waals surface area contributed by atoms with Crippen LogP contribution < -0.4 is 5.32 Å². The van der Waals surface area contributed by atoms with Crippen molar-refractivity contribution in [3.8, 4) is 6.07 Å². The van der Waals surface area contributed by atoms with E-state index >= 15 is 0 Å². The van der Waals surface area contributed by atoms with Crippen LogP contribution in [0.25, 0.3) is 0 Å². The summed E-state index contributed by atoms with van der Waals surface area (Å²) in [7, 11) is 0. The van der Waals surface area contributed by atoms with Crippen LogP contribution in [0.5, 0.6) is 0 Å². The van der Waals surface area contributed by atoms with E-state index in [0.717, 1.165) is 6.54 Å². The first kappa shape index (κ1) is 14.4. The van der Waals surface area contributed by atoms with Gasteiger partial charge in [0.05, 0.1) is 12.2 Å². The van der Waals surface area contributed by atoms with Gasteiger partial charge in [0.15, 0.2) is 0 Å². The molecule has 4 nitrogen and oxygen atoms in total. The second-order valence-corrected chi connectivity index (χ2v) is 5.92. The molecule has 1 saturated carbocycles. The normalized spacial score (nSPS) is 18.1. The number of hydrogen-bond donors (Lipinski definition) is 2. The fraction of sp³-hybridized carbons (Fsp3) is 0.923. The largest absolute Gasteiger partial charge is 0.390 e. The van der Waals surface area contributed by atoms with Gasteiger partial charge in [0.25, 0.3) is 0 Å². The molecule has 1 fully saturated rings. The van der Waals surface area contributed by atoms with E-state index in [1.165, 1.54) is 12.8 Å². The summed E-state index contributed by atoms with van der Waals surface area (Å²) in [6.45, 7) is 8.35. The molecule has 0 aromatic carbocycles. The highest BCUT2D eigenvalue weighted by Crippen LogP contribution is 2.26. The van der Waals surface area contributed by atoms with Crippen LogP contribution in [-0.4, -0.2) is 47.3 Å². The minimum atomic E-state index is -0.353. The third-order valence-electron chi connectivity index (χ3n) is 2.89. The molecule has 1 rings (SSSR count). The molecule has 0 saturated heterocycles. The van der Waals surface area contributed by atoms with Gasteiger partial charge in [-0.15, -0.1) is 0 Å². The molecule has 4 heteroatoms. The number of nitriles is 1. The molecule has 0 radical (unpaired) electrons. The summed E-state index contributed by atoms with van der Waals surface area (Å²) < 4.78 is 0. The average Bonchev–Trinajstić information content (AvgIpc) is 3.04. The van der Waals surface area contributed by atoms with Crippen LogP contribution in [0.3, 0.4) is 0 Å². The van der Waals surface area contributed by atoms with Gasteiger partial charge in [0, 0.05) is 37.6 Å². The minimum Gasteiger partial charge on any atom is -0.390 e. The molecule has 0 amide bonds. The fourth-order valence-corrected chi connectivity index (χ4v) is 1.82. The summed E-state index contributed by atoms with van der Waals surface area (Å²) in [5.41, 5.74) is 0.0397. The summed E-state index contributed by atoms with van der Waals surface area (Å²) in [4.78, 5) is 2.25. The first-order chi connectivity index (χ1) is 7.92. The molecule has 1 atom stereocenters. The highest BCUT2D eigenvalue weighted by atomic mass is 16.3. The molecule has 0 heterocycles. The lowest BCUT2D eigenvalue weighted by molar-refractivity contribution is 0.102. The molecule has 0 spiro atoms. The molecule has 0 aliphatic heterocycles. The van der Waals surface area contributed by atoms with Gasteiger partial charge in [0.1, 0.15) is 0 Å². The number of nitrogens with one attached hydrogen (secondary N) is 1. The lowest BCUT2D eigenvalue weighted by Gasteiger charge is -2.27. The van der Waals surface area contributed by atoms with Crippen LogP contribution in [0.15, 0.2) is 0 Å². The SMILES string of the molecule is CC(C)(C)NCC(O)CN(CCC#N)C1CC1. The maximum Gasteiger partial charge on any atom is 0.0791 e. The molecule has 98 valence electrons. The Morgan fingerprint density at radius 3 is 2.59 bits per heavy atom. The number of rotatable bonds is 7. The molecule has 0 aromatic heterocycles. The van der Waals surface area contributed by atoms with E-state index in [0.29, 0.717) is 25.6 Å². The van der Waals surface area contributed by atoms with Crippen LogP contribution in [0.4, 0.5) is 0 Å². The quantitative estimate of drug-likeness (QED) is 0.699. The van der Waals surface area contributed by atoms with Gasteiger partial charge in [-0.2, -0.15) is 5.26 Å². The van der Waals surface area contributed by atoms with Crippen molar-refractivity contribution >= 4 is 0 Å². The van der Waals surface area contributed by atoms with E-state index < -0.39 is 0 Å². The second kappa shape index (κ2) is 6.34. The zero-order chi connectivity index (χ0) is 12.9. The first-order valence-electron chi connectivity index (χ1n) is 6.46. The first-order valence-corrected chi connectivity index (χ1v) is 6.46. The van der Waals surface area contributed by atoms with Gasteiger partial charge in [-0.05, 0) is 33.6 Å². The highest BCUT2D eigenvalue weighted by Gasteiger charge is 2.29. The lowest BCUT2D eigenvalue weighted by atomic mass is 10.1. The lowest BCUT2D eigenvalue weighted by Crippen LogP contribution is -2.45. The summed E-state index contributed by atoms with van der Waals surface area (Å²) in [5.74, 6) is 0. The Hall–Kier alpha value is -0.630. The summed E-state index contributed by atoms with van der Waals surface area (Å²) in [6, 6.07) is 2.78. The smallest absolute Gasteiger partial charge is 0.0791 e. The van der Waals surface area contributed by atoms with Gasteiger partial charge in [-0.1, -0.05) is 0 Å². The van der Waals surface area contributed by atoms with Crippen molar-refractivity contribution in [3.05, 3.63) is 0 Å². The van der Waals surface area contributed by atoms with Crippen LogP contribution >= 0.6 is 0 Å². The van der Waals surface area contributed by atoms with E-state index in [1.54, 1.807) is 0 Å². The highest BCUT2D eigenvalue weighted by molar-refractivity contribution is 4.88. The predicted molar refractivity (Wildman–Crippen MR) is 68.6 cm³/mol. The Kier molecular flexibility index (Phi) is 5.38. The van der Waals surface area contributed by atoms with Gasteiger partial charge >= 0.3 is 0 Å². The molecule has 1 aliphatic carbocycles. The zero-order valence-corrected chi connectivity index (χ0v) is 11.2. The van der Waals surface area contributed by atoms with Crippen LogP contribution in [0.2, 0.25) is 0 Å². The van der Waals surface area contributed by atoms with E-state index in [2.05, 4.69) is 37.1 Å². The van der Waals surface area contributed by atoms with E-state index in [4.69, 9.17) is 5.26 Å². The van der Waals surface area contributed by atoms with Crippen molar-refractivity contribution < 1.29 is 5.11 Å². The average molecular weight is 239 g/mol. The monoisotopic (exact) mass is 239 g/mol. The number of aliphatic hydroxyl groups excluding tert-OH is 1. The maximum absolute atomic E-state index is 9.97. The van der Waals surface area contributed by atoms with Crippen LogP contribution in [-0.2, 0) is 0 Å². The van der Waals surface area contributed by atoms with E-state index in [-0.39, 0.29) is 11.6 Å². The molecule has 0 bridgehead atoms. The topological polar surface area (TPSA) is 59.3 Å². The van der Waals surface area contributed by atoms with Gasteiger partial charge in [0.2, 0.25) is 0 Å². The second-order valence-electron chi connectivity index (χ2n) is 5.92. The molecular weight excluding hydrogens is 214 g/mol. The van der Waals surface area contributed by atoms with Gasteiger partial charge < -0.3 is 10.4 Å². The van der Waals surface area contributed by atoms with Crippen molar-refractivity contribution in [2.75, 3.05) is 19.6 Å². The minimum absolute atomic E-state index is 0.0397. The van der Waals surface area contributed by atoms with Gasteiger partial charge in [-0.25, -0.2) is 0 Å². The maximum atomic E-state index is 9.97. The number of nitrogens with zero attached hydrogens (tertiary/aromatic N) is 2. The number of hydrogen-bond acceptors (Lipinski definition) is 4. The number of aliphatic hydroxyl groups is 1. The molecule has 0 aromatic rings. The Labute approximate surface area is 105 Å². The van der Waals surface area contributed by atoms with Crippen LogP contribution in [0, 0.1) is 11.3 Å². The van der Waals surface area contributed by atoms with Gasteiger partial charge in [-0.3, -0.25) is 4.90 Å². The van der Waals surface area contributed by atoms with Crippen molar-refractivity contribution in [1.29, 1.82) is 5.26 Å². The Morgan fingerprint density at radius 2 is 2.12 bits per heavy atom. The molecule has 17 heavy (non-hydrogen) atoms. The third-order valence-corrected chi connectivity index (χ3v) is 2.89. The molecule has 1 unspecified atom stereocenters. The van der Waals surface area contributed by atoms with Crippen molar-refractivity contribution in [3.63, 3.8) is 0 Å². The van der Waals surface area contributed by atoms with E-state index in [1.807, 2.05) is 0 Å². The Balaban J connectivity index is 2.26. The molecule has 2 N–H and O–H groups in total. The fourth-order valence-electron chi connectivity index (χ4n) is 1.82. The Morgan fingerprint density at radius 1 is 1.47 bits per heavy atom. The number of β-amino-alcohol motifs (C(OH)–C–C–N with tert-alkyl or cyclic N) is 1. The predicted octanol–water partition coefficient (Wildman–Crippen LogP) is 1.11. The van der Waals surface area contributed by atoms with Crippen molar-refractivity contribution in [2.45, 2.75) is 57.7 Å². The van der Waals surface area contributed by atoms with Crippen molar-refractivity contribution in [1.82, 2.24) is 10.2 Å².